The maximum absolute atomic E-state index is 11.9. The number of hydrogen-bond donors (Lipinski definition) is 3. The van der Waals surface area contributed by atoms with E-state index in [1.807, 2.05) is 0 Å². The monoisotopic (exact) mass is 294 g/mol. The summed E-state index contributed by atoms with van der Waals surface area (Å²) in [5.41, 5.74) is -0.847. The van der Waals surface area contributed by atoms with Crippen LogP contribution in [-0.4, -0.2) is 35.5 Å². The van der Waals surface area contributed by atoms with Gasteiger partial charge in [0, 0.05) is 6.54 Å². The van der Waals surface area contributed by atoms with Crippen molar-refractivity contribution in [1.29, 1.82) is 0 Å². The minimum atomic E-state index is -0.888. The fourth-order valence-corrected chi connectivity index (χ4v) is 2.22. The molecule has 1 atom stereocenters. The number of nitrogens with one attached hydrogen (secondary N) is 2. The molecule has 0 saturated heterocycles. The Morgan fingerprint density at radius 3 is 2.62 bits per heavy atom. The van der Waals surface area contributed by atoms with E-state index in [9.17, 15) is 19.5 Å². The number of rotatable bonds is 6. The molecule has 21 heavy (non-hydrogen) atoms. The van der Waals surface area contributed by atoms with E-state index in [1.165, 1.54) is 19.3 Å². The lowest BCUT2D eigenvalue weighted by molar-refractivity contribution is -0.154. The summed E-state index contributed by atoms with van der Waals surface area (Å²) in [7, 11) is 0. The van der Waals surface area contributed by atoms with Crippen molar-refractivity contribution in [3.05, 3.63) is 24.2 Å². The molecule has 1 aromatic rings. The van der Waals surface area contributed by atoms with Crippen LogP contribution in [0.4, 0.5) is 0 Å². The fourth-order valence-electron chi connectivity index (χ4n) is 2.22. The summed E-state index contributed by atoms with van der Waals surface area (Å²) in [6.07, 6.45) is 3.35. The first-order chi connectivity index (χ1) is 9.94. The number of carboxylic acids is 1. The summed E-state index contributed by atoms with van der Waals surface area (Å²) in [6, 6.07) is 2.30. The van der Waals surface area contributed by atoms with Crippen molar-refractivity contribution in [1.82, 2.24) is 10.6 Å². The fraction of sp³-hybridized carbons (Fsp3) is 0.500. The maximum Gasteiger partial charge on any atom is 0.311 e. The van der Waals surface area contributed by atoms with Crippen molar-refractivity contribution in [2.24, 2.45) is 5.41 Å². The van der Waals surface area contributed by atoms with Gasteiger partial charge in [0.1, 0.15) is 6.04 Å². The van der Waals surface area contributed by atoms with E-state index in [1.54, 1.807) is 6.07 Å². The van der Waals surface area contributed by atoms with Crippen LogP contribution >= 0.6 is 0 Å². The Labute approximate surface area is 121 Å². The van der Waals surface area contributed by atoms with Gasteiger partial charge < -0.3 is 20.2 Å². The van der Waals surface area contributed by atoms with E-state index >= 15 is 0 Å². The molecule has 0 bridgehead atoms. The first kappa shape index (κ1) is 15.1. The normalized spacial score (nSPS) is 17.4. The molecular weight excluding hydrogens is 276 g/mol. The summed E-state index contributed by atoms with van der Waals surface area (Å²) in [4.78, 5) is 34.8. The number of carbonyl (C=O) groups is 3. The third-order valence-electron chi connectivity index (χ3n) is 3.85. The summed E-state index contributed by atoms with van der Waals surface area (Å²) < 4.78 is 4.93. The minimum absolute atomic E-state index is 0.0854. The van der Waals surface area contributed by atoms with Gasteiger partial charge in [0.05, 0.1) is 11.7 Å². The second kappa shape index (κ2) is 5.99. The standard InChI is InChI=1S/C14H18N2O5/c1-9(16-12(18)10-4-2-7-21-10)11(17)15-8-14(13(19)20)5-3-6-14/h2,4,7,9H,3,5-6,8H2,1H3,(H,15,17)(H,16,18)(H,19,20). The Morgan fingerprint density at radius 1 is 1.43 bits per heavy atom. The predicted molar refractivity (Wildman–Crippen MR) is 72.6 cm³/mol. The molecule has 2 amide bonds. The zero-order valence-electron chi connectivity index (χ0n) is 11.7. The highest BCUT2D eigenvalue weighted by Crippen LogP contribution is 2.40. The van der Waals surface area contributed by atoms with Gasteiger partial charge in [0.25, 0.3) is 5.91 Å². The van der Waals surface area contributed by atoms with E-state index < -0.39 is 29.2 Å². The molecule has 0 radical (unpaired) electrons. The number of amides is 2. The summed E-state index contributed by atoms with van der Waals surface area (Å²) >= 11 is 0. The number of furan rings is 1. The van der Waals surface area contributed by atoms with Crippen LogP contribution < -0.4 is 10.6 Å². The SMILES string of the molecule is CC(NC(=O)c1ccco1)C(=O)NCC1(C(=O)O)CCC1. The smallest absolute Gasteiger partial charge is 0.311 e. The number of carboxylic acid groups (broad SMARTS) is 1. The lowest BCUT2D eigenvalue weighted by atomic mass is 9.69. The van der Waals surface area contributed by atoms with Gasteiger partial charge in [-0.15, -0.1) is 0 Å². The van der Waals surface area contributed by atoms with Gasteiger partial charge in [-0.1, -0.05) is 6.42 Å². The molecule has 1 aliphatic carbocycles. The van der Waals surface area contributed by atoms with Gasteiger partial charge in [-0.2, -0.15) is 0 Å². The van der Waals surface area contributed by atoms with E-state index in [-0.39, 0.29) is 12.3 Å². The molecule has 1 heterocycles. The van der Waals surface area contributed by atoms with Crippen LogP contribution in [0.5, 0.6) is 0 Å². The summed E-state index contributed by atoms with van der Waals surface area (Å²) in [5.74, 6) is -1.67. The average Bonchev–Trinajstić information content (AvgIpc) is 2.90. The molecule has 2 rings (SSSR count). The quantitative estimate of drug-likeness (QED) is 0.718. The maximum atomic E-state index is 11.9. The van der Waals surface area contributed by atoms with Gasteiger partial charge >= 0.3 is 5.97 Å². The Morgan fingerprint density at radius 2 is 2.14 bits per heavy atom. The molecule has 1 aliphatic rings. The topological polar surface area (TPSA) is 109 Å². The van der Waals surface area contributed by atoms with Crippen LogP contribution in [0.3, 0.4) is 0 Å². The first-order valence-electron chi connectivity index (χ1n) is 6.80. The van der Waals surface area contributed by atoms with Gasteiger partial charge in [-0.25, -0.2) is 0 Å². The predicted octanol–water partition coefficient (Wildman–Crippen LogP) is 0.769. The Bertz CT molecular complexity index is 534. The molecule has 1 aromatic heterocycles. The van der Waals surface area contributed by atoms with Crippen LogP contribution in [0.2, 0.25) is 0 Å². The summed E-state index contributed by atoms with van der Waals surface area (Å²) in [6.45, 7) is 1.62. The molecule has 1 fully saturated rings. The lowest BCUT2D eigenvalue weighted by Crippen LogP contribution is -2.51. The second-order valence-corrected chi connectivity index (χ2v) is 5.33. The van der Waals surface area contributed by atoms with Crippen LogP contribution in [0.25, 0.3) is 0 Å². The second-order valence-electron chi connectivity index (χ2n) is 5.33. The highest BCUT2D eigenvalue weighted by atomic mass is 16.4. The lowest BCUT2D eigenvalue weighted by Gasteiger charge is -2.37. The number of aliphatic carboxylic acids is 1. The molecule has 114 valence electrons. The average molecular weight is 294 g/mol. The number of carbonyl (C=O) groups excluding carboxylic acids is 2. The van der Waals surface area contributed by atoms with Gasteiger partial charge in [-0.3, -0.25) is 14.4 Å². The van der Waals surface area contributed by atoms with Crippen molar-refractivity contribution < 1.29 is 23.9 Å². The van der Waals surface area contributed by atoms with Crippen molar-refractivity contribution in [3.8, 4) is 0 Å². The Kier molecular flexibility index (Phi) is 4.30. The van der Waals surface area contributed by atoms with E-state index in [4.69, 9.17) is 4.42 Å². The molecule has 0 aliphatic heterocycles. The molecule has 0 aromatic carbocycles. The molecule has 1 saturated carbocycles. The highest BCUT2D eigenvalue weighted by molar-refractivity contribution is 5.95. The van der Waals surface area contributed by atoms with Gasteiger partial charge in [0.15, 0.2) is 5.76 Å². The zero-order valence-corrected chi connectivity index (χ0v) is 11.7. The Hall–Kier alpha value is -2.31. The van der Waals surface area contributed by atoms with Crippen LogP contribution in [0.1, 0.15) is 36.7 Å². The summed E-state index contributed by atoms with van der Waals surface area (Å²) in [5, 5.41) is 14.3. The largest absolute Gasteiger partial charge is 0.481 e. The van der Waals surface area contributed by atoms with Crippen LogP contribution in [0, 0.1) is 5.41 Å². The third kappa shape index (κ3) is 3.24. The van der Waals surface area contributed by atoms with Crippen molar-refractivity contribution >= 4 is 17.8 Å². The highest BCUT2D eigenvalue weighted by Gasteiger charge is 2.44. The molecule has 1 unspecified atom stereocenters. The molecular formula is C14H18N2O5. The Balaban J connectivity index is 1.83. The minimum Gasteiger partial charge on any atom is -0.481 e. The third-order valence-corrected chi connectivity index (χ3v) is 3.85. The van der Waals surface area contributed by atoms with Crippen molar-refractivity contribution in [3.63, 3.8) is 0 Å². The van der Waals surface area contributed by atoms with E-state index in [2.05, 4.69) is 10.6 Å². The van der Waals surface area contributed by atoms with Crippen molar-refractivity contribution in [2.75, 3.05) is 6.54 Å². The number of hydrogen-bond acceptors (Lipinski definition) is 4. The van der Waals surface area contributed by atoms with E-state index in [0.717, 1.165) is 6.42 Å². The van der Waals surface area contributed by atoms with Crippen LogP contribution in [0.15, 0.2) is 22.8 Å². The van der Waals surface area contributed by atoms with Crippen LogP contribution in [-0.2, 0) is 9.59 Å². The molecule has 0 spiro atoms. The first-order valence-corrected chi connectivity index (χ1v) is 6.80. The molecule has 7 heteroatoms. The van der Waals surface area contributed by atoms with E-state index in [0.29, 0.717) is 12.8 Å². The molecule has 7 nitrogen and oxygen atoms in total. The van der Waals surface area contributed by atoms with Gasteiger partial charge in [-0.05, 0) is 31.9 Å². The zero-order chi connectivity index (χ0) is 15.5. The van der Waals surface area contributed by atoms with Gasteiger partial charge in [0.2, 0.25) is 5.91 Å². The molecule has 3 N–H and O–H groups in total. The van der Waals surface area contributed by atoms with Crippen molar-refractivity contribution in [2.45, 2.75) is 32.2 Å².